The van der Waals surface area contributed by atoms with E-state index >= 15 is 0 Å². The summed E-state index contributed by atoms with van der Waals surface area (Å²) in [6.45, 7) is 65.6. The highest BCUT2D eigenvalue weighted by Crippen LogP contribution is 2.36. The Hall–Kier alpha value is -6.84. The van der Waals surface area contributed by atoms with Crippen LogP contribution in [0, 0.1) is 112 Å². The van der Waals surface area contributed by atoms with Crippen LogP contribution >= 0.6 is 35.3 Å². The number of imide groups is 4. The third-order valence-electron chi connectivity index (χ3n) is 24.9. The summed E-state index contributed by atoms with van der Waals surface area (Å²) < 4.78 is 27.8. The lowest BCUT2D eigenvalue weighted by Gasteiger charge is -2.30. The van der Waals surface area contributed by atoms with E-state index in [4.69, 9.17) is 0 Å². The molecule has 812 valence electrons. The lowest BCUT2D eigenvalue weighted by molar-refractivity contribution is -0.144. The van der Waals surface area contributed by atoms with Crippen LogP contribution in [0.5, 0.6) is 0 Å². The van der Waals surface area contributed by atoms with E-state index in [0.717, 1.165) is 75.5 Å². The number of carbonyl (C=O) groups excluding carboxylic acids is 20. The summed E-state index contributed by atoms with van der Waals surface area (Å²) in [6.07, 6.45) is 10.4. The van der Waals surface area contributed by atoms with Gasteiger partial charge in [0.15, 0.2) is 17.3 Å². The van der Waals surface area contributed by atoms with Gasteiger partial charge in [0.1, 0.15) is 45.7 Å². The van der Waals surface area contributed by atoms with Crippen LogP contribution < -0.4 is 10.6 Å². The molecular weight excluding hydrogens is 1880 g/mol. The van der Waals surface area contributed by atoms with E-state index in [-0.39, 0.29) is 279 Å². The third kappa shape index (κ3) is 58.3. The number of ketones is 10. The molecule has 6 unspecified atom stereocenters. The molecule has 2 N–H and O–H groups in total. The molecule has 29 nitrogen and oxygen atoms in total. The molecular formula is C108H188N6O23S4. The first kappa shape index (κ1) is 138. The third-order valence-corrected chi connectivity index (χ3v) is 30.1. The van der Waals surface area contributed by atoms with Crippen molar-refractivity contribution in [3.63, 3.8) is 0 Å². The first-order valence-electron chi connectivity index (χ1n) is 52.0. The Balaban J connectivity index is -0.00000160. The largest absolute Gasteiger partial charge is 0.356 e. The summed E-state index contributed by atoms with van der Waals surface area (Å²) in [5.74, 6) is 1.91. The first-order chi connectivity index (χ1) is 65.1. The number of carbonyl (C=O) groups is 20. The van der Waals surface area contributed by atoms with Crippen LogP contribution in [0.1, 0.15) is 370 Å². The Labute approximate surface area is 861 Å². The minimum atomic E-state index is -3.77. The summed E-state index contributed by atoms with van der Waals surface area (Å²) in [7, 11) is -2.66. The molecule has 0 aromatic heterocycles. The number of hydrogen-bond donors (Lipinski definition) is 2. The Bertz CT molecular complexity index is 4080. The maximum Gasteiger partial charge on any atom is 0.277 e. The van der Waals surface area contributed by atoms with Crippen molar-refractivity contribution in [3.05, 3.63) is 0 Å². The van der Waals surface area contributed by atoms with Crippen molar-refractivity contribution in [2.75, 3.05) is 57.9 Å². The topological polar surface area (TPSA) is 422 Å². The number of nitrogens with zero attached hydrogens (tertiary/aromatic N) is 4. The monoisotopic (exact) mass is 2070 g/mol. The van der Waals surface area contributed by atoms with Crippen molar-refractivity contribution in [3.8, 4) is 0 Å². The minimum absolute atomic E-state index is 0.00798. The Kier molecular flexibility index (Phi) is 71.1. The molecule has 0 bridgehead atoms. The second-order valence-corrected chi connectivity index (χ2v) is 50.3. The molecule has 33 heteroatoms. The second-order valence-electron chi connectivity index (χ2n) is 43.0. The highest BCUT2D eigenvalue weighted by molar-refractivity contribution is 8.00. The van der Waals surface area contributed by atoms with Crippen LogP contribution in [0.4, 0.5) is 0 Å². The van der Waals surface area contributed by atoms with Crippen molar-refractivity contribution in [1.82, 2.24) is 30.2 Å². The first-order valence-corrected chi connectivity index (χ1v) is 56.5. The zero-order valence-corrected chi connectivity index (χ0v) is 96.1. The van der Waals surface area contributed by atoms with Crippen molar-refractivity contribution in [2.24, 2.45) is 112 Å². The summed E-state index contributed by atoms with van der Waals surface area (Å²) in [4.78, 5) is 240. The molecule has 5 fully saturated rings. The number of thioether (sulfide) groups is 3. The summed E-state index contributed by atoms with van der Waals surface area (Å²) in [5.41, 5.74) is 0. The predicted octanol–water partition coefficient (Wildman–Crippen LogP) is 18.3. The molecule has 4 aliphatic heterocycles. The van der Waals surface area contributed by atoms with E-state index in [0.29, 0.717) is 93.9 Å². The minimum Gasteiger partial charge on any atom is -0.356 e. The fourth-order valence-corrected chi connectivity index (χ4v) is 19.2. The van der Waals surface area contributed by atoms with Gasteiger partial charge in [-0.1, -0.05) is 228 Å². The Morgan fingerprint density at radius 2 is 0.752 bits per heavy atom. The van der Waals surface area contributed by atoms with Crippen LogP contribution in [0.3, 0.4) is 0 Å². The van der Waals surface area contributed by atoms with Crippen LogP contribution in [0.15, 0.2) is 0 Å². The van der Waals surface area contributed by atoms with Crippen LogP contribution in [0.2, 0.25) is 0 Å². The molecule has 0 aromatic rings. The van der Waals surface area contributed by atoms with Gasteiger partial charge in [-0.05, 0) is 114 Å². The maximum atomic E-state index is 12.3. The highest BCUT2D eigenvalue weighted by Gasteiger charge is 2.45. The number of amides is 10. The van der Waals surface area contributed by atoms with Crippen molar-refractivity contribution >= 4 is 162 Å². The molecule has 4 heterocycles. The number of nitrogens with one attached hydrogen (secondary N) is 2. The highest BCUT2D eigenvalue weighted by atomic mass is 32.2. The molecule has 5 aliphatic rings. The van der Waals surface area contributed by atoms with Gasteiger partial charge in [-0.2, -0.15) is 43.7 Å². The smallest absolute Gasteiger partial charge is 0.277 e. The standard InChI is InChI=1S/C25H39N3O7.C18H29NO3.C13H21NO3.C12H19NO3.C11H22O4S2.C11H22OS.C10H20OS.C8H16O/c1-16(2)20-14-24(34)28(25(20)35)13-5-6-18(29)7-9-23(33)27-15-19(30)8-10-22(32)26-12-11-21(31)17(3)4;1-11(2)15-9-16(20)19(18(15)22)10-13-5-7-14(8-6-13)17(21)12(3)4;1-8(2)10-7-12(16)14(13(10)17)6-5-11(15)9(3)4;1-7(2)9-5-11(15)13(12(9)16)6-10(14)8(3)4;1-8(2)11(12)10(17(13,14)15-5)6-7-16-9(3)4;1-8(2)11(12)7-6-10(5)13-9(3)4;1-8(2)10(11)6-5-7-12-9(3)4;1-6(2)5-8(9)7(3)4/h16-17,20H,5-15H2,1-4H3,(H,26,32)(H,27,33);11-15H,5-10H2,1-4H3;8-10H,5-7H2,1-4H3;7-9H,5-6H2,1-4H3;8-10H,6-7H2,1-5H3;8-10H,6-7H2,1-5H3;8-9H,5-7H2,1-4H3;6-7H,5H2,1-4H3. The fraction of sp³-hybridized carbons (Fsp3) is 0.815. The van der Waals surface area contributed by atoms with E-state index in [9.17, 15) is 104 Å². The van der Waals surface area contributed by atoms with E-state index in [1.807, 2.05) is 162 Å². The van der Waals surface area contributed by atoms with Gasteiger partial charge < -0.3 is 10.6 Å². The SMILES string of the molecule is CC(C)C(=O)C1CCC(CN2C(=O)CC(C(C)C)C2=O)CC1.CC(C)C(=O)CCN1C(=O)CC(C(C)C)C1=O.CC(C)C(=O)CCNC(=O)CCC(=O)CNC(=O)CCC(=O)CCCN1C(=O)CC(C(C)C)C1=O.CC(C)C(=O)CN1C(=O)CC(C(C)C)C1=O.CC(C)CC(=O)C(C)C.CC(C)SC(C)CCC(=O)C(C)C.CC(C)SCCCC(=O)C(C)C.COS(=O)(=O)C(CCSC(C)C)C(=O)C(C)C. The average Bonchev–Trinajstić information content (AvgIpc) is 1.66. The van der Waals surface area contributed by atoms with Crippen molar-refractivity contribution < 1.29 is 108 Å². The van der Waals surface area contributed by atoms with Gasteiger partial charge in [0.25, 0.3) is 10.1 Å². The van der Waals surface area contributed by atoms with Crippen LogP contribution in [0.25, 0.3) is 0 Å². The molecule has 1 saturated carbocycles. The molecule has 1 aliphatic carbocycles. The molecule has 0 spiro atoms. The second kappa shape index (κ2) is 72.5. The van der Waals surface area contributed by atoms with Gasteiger partial charge >= 0.3 is 0 Å². The quantitative estimate of drug-likeness (QED) is 0.0324. The molecule has 0 radical (unpaired) electrons. The molecule has 10 amide bonds. The van der Waals surface area contributed by atoms with Gasteiger partial charge in [0.2, 0.25) is 59.1 Å². The van der Waals surface area contributed by atoms with E-state index in [2.05, 4.69) is 63.3 Å². The lowest BCUT2D eigenvalue weighted by Crippen LogP contribution is -2.37. The van der Waals surface area contributed by atoms with Gasteiger partial charge in [0.05, 0.1) is 20.2 Å². The van der Waals surface area contributed by atoms with Crippen LogP contribution in [-0.2, 0) is 110 Å². The lowest BCUT2D eigenvalue weighted by atomic mass is 9.77. The number of Topliss-reactive ketones (excluding diaryl/α,β-unsaturated/α-hetero) is 10. The van der Waals surface area contributed by atoms with E-state index in [1.54, 1.807) is 53.3 Å². The van der Waals surface area contributed by atoms with E-state index in [1.165, 1.54) is 14.7 Å². The molecule has 141 heavy (non-hydrogen) atoms. The van der Waals surface area contributed by atoms with Gasteiger partial charge in [-0.25, -0.2) is 0 Å². The van der Waals surface area contributed by atoms with Gasteiger partial charge in [0, 0.05) is 198 Å². The Morgan fingerprint density at radius 1 is 0.369 bits per heavy atom. The van der Waals surface area contributed by atoms with Crippen molar-refractivity contribution in [1.29, 1.82) is 0 Å². The zero-order valence-electron chi connectivity index (χ0n) is 92.9. The van der Waals surface area contributed by atoms with Crippen molar-refractivity contribution in [2.45, 2.75) is 396 Å². The van der Waals surface area contributed by atoms with Crippen LogP contribution in [-0.4, -0.2) is 229 Å². The summed E-state index contributed by atoms with van der Waals surface area (Å²) in [6, 6.07) is 0. The zero-order chi connectivity index (χ0) is 110. The number of likely N-dealkylation sites (tertiary alicyclic amines) is 4. The summed E-state index contributed by atoms with van der Waals surface area (Å²) in [5, 5.41) is 6.41. The molecule has 0 aromatic carbocycles. The Morgan fingerprint density at radius 3 is 1.14 bits per heavy atom. The number of hydrogen-bond acceptors (Lipinski definition) is 26. The van der Waals surface area contributed by atoms with E-state index < -0.39 is 21.3 Å². The predicted molar refractivity (Wildman–Crippen MR) is 565 cm³/mol. The number of rotatable bonds is 54. The molecule has 4 saturated heterocycles. The average molecular weight is 2070 g/mol. The van der Waals surface area contributed by atoms with Gasteiger partial charge in [-0.15, -0.1) is 0 Å². The summed E-state index contributed by atoms with van der Waals surface area (Å²) >= 11 is 5.53. The molecule has 6 atom stereocenters. The molecule has 5 rings (SSSR count). The normalized spacial score (nSPS) is 18.1. The fourth-order valence-electron chi connectivity index (χ4n) is 15.1. The maximum absolute atomic E-state index is 12.3. The van der Waals surface area contributed by atoms with Gasteiger partial charge in [-0.3, -0.25) is 120 Å².